The van der Waals surface area contributed by atoms with Gasteiger partial charge < -0.3 is 4.74 Å². The molecule has 72 valence electrons. The lowest BCUT2D eigenvalue weighted by Crippen LogP contribution is -1.83. The van der Waals surface area contributed by atoms with Gasteiger partial charge in [0.25, 0.3) is 0 Å². The number of hydrogen-bond acceptors (Lipinski definition) is 1. The maximum atomic E-state index is 5.13. The first kappa shape index (κ1) is 9.30. The van der Waals surface area contributed by atoms with E-state index < -0.39 is 0 Å². The smallest absolute Gasteiger partial charge is 0.0810 e. The number of ether oxygens (including phenoxy) is 1. The van der Waals surface area contributed by atoms with Crippen molar-refractivity contribution in [1.82, 2.24) is 0 Å². The van der Waals surface area contributed by atoms with E-state index in [0.717, 1.165) is 25.0 Å². The molecule has 0 amide bonds. The fourth-order valence-electron chi connectivity index (χ4n) is 1.34. The van der Waals surface area contributed by atoms with Crippen molar-refractivity contribution in [2.24, 2.45) is 0 Å². The average molecular weight is 186 g/mol. The van der Waals surface area contributed by atoms with E-state index in [4.69, 9.17) is 4.74 Å². The minimum absolute atomic E-state index is 0.550. The third-order valence-electron chi connectivity index (χ3n) is 2.24. The molecule has 1 atom stereocenters. The van der Waals surface area contributed by atoms with E-state index in [-0.39, 0.29) is 0 Å². The number of benzene rings is 1. The second-order valence-corrected chi connectivity index (χ2v) is 3.52. The van der Waals surface area contributed by atoms with E-state index in [2.05, 4.69) is 11.8 Å². The lowest BCUT2D eigenvalue weighted by Gasteiger charge is -1.89. The molecule has 0 N–H and O–H groups in total. The van der Waals surface area contributed by atoms with Crippen molar-refractivity contribution < 1.29 is 4.74 Å². The molecule has 0 radical (unpaired) electrons. The van der Waals surface area contributed by atoms with Gasteiger partial charge in [-0.1, -0.05) is 30.0 Å². The van der Waals surface area contributed by atoms with Crippen LogP contribution in [0.1, 0.15) is 24.8 Å². The van der Waals surface area contributed by atoms with Crippen LogP contribution in [-0.2, 0) is 4.74 Å². The van der Waals surface area contributed by atoms with Gasteiger partial charge in [-0.2, -0.15) is 0 Å². The van der Waals surface area contributed by atoms with Crippen molar-refractivity contribution in [2.45, 2.75) is 25.4 Å². The third kappa shape index (κ3) is 3.24. The van der Waals surface area contributed by atoms with Gasteiger partial charge in [0, 0.05) is 12.0 Å². The van der Waals surface area contributed by atoms with Gasteiger partial charge in [-0.25, -0.2) is 0 Å². The average Bonchev–Trinajstić information content (AvgIpc) is 3.03. The minimum atomic E-state index is 0.550. The molecule has 1 unspecified atom stereocenters. The van der Waals surface area contributed by atoms with Crippen molar-refractivity contribution in [3.05, 3.63) is 35.9 Å². The summed E-state index contributed by atoms with van der Waals surface area (Å²) in [5.74, 6) is 6.33. The van der Waals surface area contributed by atoms with Crippen LogP contribution in [0.3, 0.4) is 0 Å². The topological polar surface area (TPSA) is 12.5 Å². The first-order chi connectivity index (χ1) is 6.95. The number of rotatable bonds is 3. The molecule has 1 saturated heterocycles. The van der Waals surface area contributed by atoms with Gasteiger partial charge in [0.1, 0.15) is 0 Å². The van der Waals surface area contributed by atoms with Crippen molar-refractivity contribution in [2.75, 3.05) is 6.61 Å². The van der Waals surface area contributed by atoms with Crippen LogP contribution in [0.25, 0.3) is 0 Å². The van der Waals surface area contributed by atoms with Crippen LogP contribution in [-0.4, -0.2) is 12.7 Å². The fourth-order valence-corrected chi connectivity index (χ4v) is 1.34. The lowest BCUT2D eigenvalue weighted by atomic mass is 10.2. The Labute approximate surface area is 85.1 Å². The maximum Gasteiger partial charge on any atom is 0.0810 e. The normalized spacial score (nSPS) is 18.4. The highest BCUT2D eigenvalue weighted by Crippen LogP contribution is 2.15. The molecule has 2 rings (SSSR count). The first-order valence-corrected chi connectivity index (χ1v) is 5.11. The second kappa shape index (κ2) is 4.83. The summed E-state index contributed by atoms with van der Waals surface area (Å²) in [7, 11) is 0. The molecule has 0 aliphatic carbocycles. The van der Waals surface area contributed by atoms with Crippen LogP contribution in [0.5, 0.6) is 0 Å². The highest BCUT2D eigenvalue weighted by Gasteiger charge is 2.20. The highest BCUT2D eigenvalue weighted by molar-refractivity contribution is 5.33. The predicted molar refractivity (Wildman–Crippen MR) is 56.9 cm³/mol. The van der Waals surface area contributed by atoms with E-state index in [1.165, 1.54) is 6.42 Å². The molecule has 0 saturated carbocycles. The molecular weight excluding hydrogens is 172 g/mol. The second-order valence-electron chi connectivity index (χ2n) is 3.52. The van der Waals surface area contributed by atoms with Gasteiger partial charge in [-0.15, -0.1) is 0 Å². The summed E-state index contributed by atoms with van der Waals surface area (Å²) in [4.78, 5) is 0. The molecule has 0 spiro atoms. The van der Waals surface area contributed by atoms with Crippen LogP contribution in [0.2, 0.25) is 0 Å². The quantitative estimate of drug-likeness (QED) is 0.401. The Morgan fingerprint density at radius 3 is 2.79 bits per heavy atom. The molecule has 0 bridgehead atoms. The van der Waals surface area contributed by atoms with Crippen LogP contribution in [0.4, 0.5) is 0 Å². The van der Waals surface area contributed by atoms with E-state index >= 15 is 0 Å². The van der Waals surface area contributed by atoms with Gasteiger partial charge >= 0.3 is 0 Å². The molecule has 1 nitrogen and oxygen atoms in total. The van der Waals surface area contributed by atoms with Gasteiger partial charge in [-0.05, 0) is 25.0 Å². The summed E-state index contributed by atoms with van der Waals surface area (Å²) in [5.41, 5.74) is 1.11. The Morgan fingerprint density at radius 2 is 2.07 bits per heavy atom. The zero-order valence-electron chi connectivity index (χ0n) is 8.20. The third-order valence-corrected chi connectivity index (χ3v) is 2.24. The molecule has 0 aromatic heterocycles. The Balaban J connectivity index is 1.70. The van der Waals surface area contributed by atoms with Crippen molar-refractivity contribution in [3.8, 4) is 11.8 Å². The SMILES string of the molecule is C(#Cc1ccccc1)CCCC1CO1. The molecule has 1 aliphatic rings. The number of epoxide rings is 1. The number of hydrogen-bond donors (Lipinski definition) is 0. The van der Waals surface area contributed by atoms with Gasteiger partial charge in [0.15, 0.2) is 0 Å². The van der Waals surface area contributed by atoms with Crippen LogP contribution in [0, 0.1) is 11.8 Å². The van der Waals surface area contributed by atoms with E-state index in [1.807, 2.05) is 30.3 Å². The van der Waals surface area contributed by atoms with E-state index in [1.54, 1.807) is 0 Å². The zero-order chi connectivity index (χ0) is 9.64. The monoisotopic (exact) mass is 186 g/mol. The van der Waals surface area contributed by atoms with Gasteiger partial charge in [0.2, 0.25) is 0 Å². The Kier molecular flexibility index (Phi) is 3.21. The molecule has 1 heterocycles. The van der Waals surface area contributed by atoms with Gasteiger partial charge in [-0.3, -0.25) is 0 Å². The maximum absolute atomic E-state index is 5.13. The molecule has 1 aliphatic heterocycles. The fraction of sp³-hybridized carbons (Fsp3) is 0.385. The van der Waals surface area contributed by atoms with Gasteiger partial charge in [0.05, 0.1) is 12.7 Å². The summed E-state index contributed by atoms with van der Waals surface area (Å²) >= 11 is 0. The minimum Gasteiger partial charge on any atom is -0.373 e. The Hall–Kier alpha value is -1.26. The predicted octanol–water partition coefficient (Wildman–Crippen LogP) is 2.61. The van der Waals surface area contributed by atoms with E-state index in [9.17, 15) is 0 Å². The number of unbranched alkanes of at least 4 members (excludes halogenated alkanes) is 1. The molecular formula is C13H14O. The molecule has 14 heavy (non-hydrogen) atoms. The molecule has 1 aromatic rings. The van der Waals surface area contributed by atoms with Crippen molar-refractivity contribution in [3.63, 3.8) is 0 Å². The molecule has 1 heteroatoms. The van der Waals surface area contributed by atoms with Crippen molar-refractivity contribution >= 4 is 0 Å². The summed E-state index contributed by atoms with van der Waals surface area (Å²) in [6.07, 6.45) is 3.86. The summed E-state index contributed by atoms with van der Waals surface area (Å²) in [5, 5.41) is 0. The van der Waals surface area contributed by atoms with Crippen molar-refractivity contribution in [1.29, 1.82) is 0 Å². The highest BCUT2D eigenvalue weighted by atomic mass is 16.6. The lowest BCUT2D eigenvalue weighted by molar-refractivity contribution is 0.393. The summed E-state index contributed by atoms with van der Waals surface area (Å²) in [6.45, 7) is 0.964. The molecule has 1 aromatic carbocycles. The summed E-state index contributed by atoms with van der Waals surface area (Å²) in [6, 6.07) is 10.1. The van der Waals surface area contributed by atoms with Crippen LogP contribution in [0.15, 0.2) is 30.3 Å². The van der Waals surface area contributed by atoms with Crippen LogP contribution >= 0.6 is 0 Å². The zero-order valence-corrected chi connectivity index (χ0v) is 8.20. The largest absolute Gasteiger partial charge is 0.373 e. The van der Waals surface area contributed by atoms with Crippen LogP contribution < -0.4 is 0 Å². The first-order valence-electron chi connectivity index (χ1n) is 5.11. The standard InChI is InChI=1S/C13H14O/c1-3-7-12(8-4-1)9-5-2-6-10-13-11-14-13/h1,3-4,7-8,13H,2,6,10-11H2. The Morgan fingerprint density at radius 1 is 1.29 bits per heavy atom. The Bertz CT molecular complexity index is 327. The van der Waals surface area contributed by atoms with E-state index in [0.29, 0.717) is 6.10 Å². The summed E-state index contributed by atoms with van der Waals surface area (Å²) < 4.78 is 5.13. The molecule has 1 fully saturated rings.